The first kappa shape index (κ1) is 12.1. The van der Waals surface area contributed by atoms with Gasteiger partial charge in [0.15, 0.2) is 0 Å². The lowest BCUT2D eigenvalue weighted by molar-refractivity contribution is 0.0738. The summed E-state index contributed by atoms with van der Waals surface area (Å²) in [7, 11) is 4.27. The Hall–Kier alpha value is -1.40. The molecular formula is C11H20N6. The van der Waals surface area contributed by atoms with Crippen molar-refractivity contribution in [3.8, 4) is 0 Å². The number of rotatable bonds is 5. The highest BCUT2D eigenvalue weighted by atomic mass is 15.3. The van der Waals surface area contributed by atoms with Crippen molar-refractivity contribution in [1.82, 2.24) is 14.9 Å². The Morgan fingerprint density at radius 1 is 1.47 bits per heavy atom. The number of hydrogen-bond donors (Lipinski definition) is 3. The van der Waals surface area contributed by atoms with Gasteiger partial charge in [0.2, 0.25) is 5.95 Å². The Labute approximate surface area is 102 Å². The van der Waals surface area contributed by atoms with Crippen LogP contribution in [0.25, 0.3) is 0 Å². The van der Waals surface area contributed by atoms with E-state index in [2.05, 4.69) is 39.7 Å². The quantitative estimate of drug-likeness (QED) is 0.515. The van der Waals surface area contributed by atoms with Crippen LogP contribution in [0.3, 0.4) is 0 Å². The van der Waals surface area contributed by atoms with Gasteiger partial charge < -0.3 is 10.2 Å². The highest BCUT2D eigenvalue weighted by Gasteiger charge is 2.38. The zero-order valence-electron chi connectivity index (χ0n) is 10.4. The number of nitrogen functional groups attached to an aromatic ring is 1. The van der Waals surface area contributed by atoms with Gasteiger partial charge in [0.1, 0.15) is 5.82 Å². The molecule has 0 saturated heterocycles. The maximum absolute atomic E-state index is 5.28. The monoisotopic (exact) mass is 236 g/mol. The second kappa shape index (κ2) is 4.85. The van der Waals surface area contributed by atoms with Gasteiger partial charge in [0, 0.05) is 18.3 Å². The van der Waals surface area contributed by atoms with Crippen molar-refractivity contribution in [3.63, 3.8) is 0 Å². The van der Waals surface area contributed by atoms with E-state index in [1.54, 1.807) is 6.20 Å². The minimum absolute atomic E-state index is 0.279. The van der Waals surface area contributed by atoms with E-state index in [1.165, 1.54) is 19.3 Å². The first-order valence-corrected chi connectivity index (χ1v) is 5.87. The molecule has 4 N–H and O–H groups in total. The van der Waals surface area contributed by atoms with Crippen LogP contribution in [0, 0.1) is 0 Å². The van der Waals surface area contributed by atoms with Crippen LogP contribution in [0.2, 0.25) is 0 Å². The molecule has 0 radical (unpaired) electrons. The molecule has 1 aliphatic rings. The molecule has 0 spiro atoms. The first-order valence-electron chi connectivity index (χ1n) is 5.87. The van der Waals surface area contributed by atoms with Crippen LogP contribution in [0.15, 0.2) is 12.3 Å². The molecule has 1 fully saturated rings. The fourth-order valence-electron chi connectivity index (χ4n) is 2.15. The number of aromatic nitrogens is 2. The predicted octanol–water partition coefficient (Wildman–Crippen LogP) is 0.658. The zero-order valence-corrected chi connectivity index (χ0v) is 10.4. The van der Waals surface area contributed by atoms with Gasteiger partial charge in [-0.25, -0.2) is 10.8 Å². The standard InChI is InChI=1S/C11H20N6/c1-17(2)11(5-3-6-11)8-14-9-4-7-13-10(15-9)16-12/h4,7H,3,5-6,8,12H2,1-2H3,(H2,13,14,15,16). The maximum Gasteiger partial charge on any atom is 0.239 e. The van der Waals surface area contributed by atoms with Gasteiger partial charge in [-0.2, -0.15) is 4.98 Å². The molecule has 6 nitrogen and oxygen atoms in total. The third-order valence-electron chi connectivity index (χ3n) is 3.62. The molecule has 0 unspecified atom stereocenters. The van der Waals surface area contributed by atoms with E-state index < -0.39 is 0 Å². The van der Waals surface area contributed by atoms with E-state index in [0.717, 1.165) is 12.4 Å². The van der Waals surface area contributed by atoms with Crippen LogP contribution >= 0.6 is 0 Å². The van der Waals surface area contributed by atoms with E-state index >= 15 is 0 Å². The summed E-state index contributed by atoms with van der Waals surface area (Å²) in [6, 6.07) is 1.85. The maximum atomic E-state index is 5.28. The summed E-state index contributed by atoms with van der Waals surface area (Å²) in [6.45, 7) is 0.904. The molecule has 6 heteroatoms. The summed E-state index contributed by atoms with van der Waals surface area (Å²) < 4.78 is 0. The lowest BCUT2D eigenvalue weighted by atomic mass is 9.75. The van der Waals surface area contributed by atoms with E-state index in [1.807, 2.05) is 6.07 Å². The van der Waals surface area contributed by atoms with Crippen molar-refractivity contribution in [3.05, 3.63) is 12.3 Å². The molecule has 0 amide bonds. The van der Waals surface area contributed by atoms with E-state index in [9.17, 15) is 0 Å². The molecule has 0 atom stereocenters. The van der Waals surface area contributed by atoms with Gasteiger partial charge in [-0.15, -0.1) is 0 Å². The van der Waals surface area contributed by atoms with E-state index in [4.69, 9.17) is 5.84 Å². The molecule has 94 valence electrons. The molecule has 1 aliphatic carbocycles. The fraction of sp³-hybridized carbons (Fsp3) is 0.636. The minimum atomic E-state index is 0.279. The zero-order chi connectivity index (χ0) is 12.3. The van der Waals surface area contributed by atoms with Gasteiger partial charge in [-0.1, -0.05) is 0 Å². The summed E-state index contributed by atoms with van der Waals surface area (Å²) in [5.74, 6) is 6.51. The van der Waals surface area contributed by atoms with Gasteiger partial charge in [0.05, 0.1) is 0 Å². The number of hydrazine groups is 1. The van der Waals surface area contributed by atoms with Crippen LogP contribution in [-0.2, 0) is 0 Å². The molecule has 1 heterocycles. The van der Waals surface area contributed by atoms with Gasteiger partial charge in [-0.3, -0.25) is 5.43 Å². The summed E-state index contributed by atoms with van der Waals surface area (Å²) in [6.07, 6.45) is 5.47. The number of hydrogen-bond acceptors (Lipinski definition) is 6. The van der Waals surface area contributed by atoms with Crippen molar-refractivity contribution in [2.45, 2.75) is 24.8 Å². The fourth-order valence-corrected chi connectivity index (χ4v) is 2.15. The Balaban J connectivity index is 1.97. The smallest absolute Gasteiger partial charge is 0.239 e. The molecule has 0 aromatic carbocycles. The Morgan fingerprint density at radius 2 is 2.24 bits per heavy atom. The summed E-state index contributed by atoms with van der Waals surface area (Å²) in [4.78, 5) is 10.5. The Kier molecular flexibility index (Phi) is 3.44. The van der Waals surface area contributed by atoms with Crippen molar-refractivity contribution < 1.29 is 0 Å². The second-order valence-corrected chi connectivity index (χ2v) is 4.74. The highest BCUT2D eigenvalue weighted by molar-refractivity contribution is 5.39. The number of anilines is 2. The topological polar surface area (TPSA) is 79.1 Å². The molecule has 1 aromatic rings. The third kappa shape index (κ3) is 2.48. The summed E-state index contributed by atoms with van der Waals surface area (Å²) in [5.41, 5.74) is 2.72. The van der Waals surface area contributed by atoms with Crippen molar-refractivity contribution >= 4 is 11.8 Å². The molecule has 1 saturated carbocycles. The molecular weight excluding hydrogens is 216 g/mol. The molecule has 2 rings (SSSR count). The number of nitrogens with zero attached hydrogens (tertiary/aromatic N) is 3. The number of nitrogens with one attached hydrogen (secondary N) is 2. The highest BCUT2D eigenvalue weighted by Crippen LogP contribution is 2.36. The summed E-state index contributed by atoms with van der Waals surface area (Å²) in [5, 5.41) is 3.36. The van der Waals surface area contributed by atoms with E-state index in [-0.39, 0.29) is 5.54 Å². The second-order valence-electron chi connectivity index (χ2n) is 4.74. The number of nitrogens with two attached hydrogens (primary N) is 1. The minimum Gasteiger partial charge on any atom is -0.368 e. The molecule has 17 heavy (non-hydrogen) atoms. The van der Waals surface area contributed by atoms with Crippen molar-refractivity contribution in [2.75, 3.05) is 31.4 Å². The number of likely N-dealkylation sites (N-methyl/N-ethyl adjacent to an activating group) is 1. The Morgan fingerprint density at radius 3 is 2.76 bits per heavy atom. The largest absolute Gasteiger partial charge is 0.368 e. The van der Waals surface area contributed by atoms with Crippen molar-refractivity contribution in [1.29, 1.82) is 0 Å². The van der Waals surface area contributed by atoms with Gasteiger partial charge in [0.25, 0.3) is 0 Å². The van der Waals surface area contributed by atoms with Gasteiger partial charge in [-0.05, 0) is 39.4 Å². The van der Waals surface area contributed by atoms with Crippen LogP contribution in [-0.4, -0.2) is 41.0 Å². The van der Waals surface area contributed by atoms with Gasteiger partial charge >= 0.3 is 0 Å². The average molecular weight is 236 g/mol. The predicted molar refractivity (Wildman–Crippen MR) is 68.6 cm³/mol. The molecule has 0 bridgehead atoms. The third-order valence-corrected chi connectivity index (χ3v) is 3.62. The van der Waals surface area contributed by atoms with Crippen molar-refractivity contribution in [2.24, 2.45) is 5.84 Å². The van der Waals surface area contributed by atoms with Crippen LogP contribution < -0.4 is 16.6 Å². The van der Waals surface area contributed by atoms with E-state index in [0.29, 0.717) is 5.95 Å². The first-order chi connectivity index (χ1) is 8.16. The molecule has 1 aromatic heterocycles. The van der Waals surface area contributed by atoms with Crippen LogP contribution in [0.5, 0.6) is 0 Å². The normalized spacial score (nSPS) is 17.6. The summed E-state index contributed by atoms with van der Waals surface area (Å²) >= 11 is 0. The van der Waals surface area contributed by atoms with Crippen LogP contribution in [0.1, 0.15) is 19.3 Å². The Bertz CT molecular complexity index is 374. The lowest BCUT2D eigenvalue weighted by Gasteiger charge is -2.47. The average Bonchev–Trinajstić information content (AvgIpc) is 2.27. The SMILES string of the molecule is CN(C)C1(CNc2ccnc(NN)n2)CCC1. The lowest BCUT2D eigenvalue weighted by Crippen LogP contribution is -2.54. The van der Waals surface area contributed by atoms with Crippen LogP contribution in [0.4, 0.5) is 11.8 Å². The molecule has 0 aliphatic heterocycles.